The van der Waals surface area contributed by atoms with Crippen molar-refractivity contribution in [3.63, 3.8) is 0 Å². The van der Waals surface area contributed by atoms with E-state index in [1.165, 1.54) is 0 Å². The SMILES string of the molecule is CN(C)CCCNC1=CC(=O)c2nc(-c3cc(C(F)(F)F)ccc3F)oc2C1=O. The number of allylic oxidation sites excluding steroid dienone is 2. The van der Waals surface area contributed by atoms with Gasteiger partial charge in [-0.3, -0.25) is 9.59 Å². The zero-order valence-electron chi connectivity index (χ0n) is 15.6. The number of aromatic nitrogens is 1. The van der Waals surface area contributed by atoms with Crippen LogP contribution in [0.15, 0.2) is 34.4 Å². The molecule has 1 aliphatic carbocycles. The zero-order chi connectivity index (χ0) is 21.3. The first-order chi connectivity index (χ1) is 13.6. The molecule has 0 saturated carbocycles. The number of ketones is 2. The van der Waals surface area contributed by atoms with Crippen LogP contribution in [0.4, 0.5) is 17.6 Å². The van der Waals surface area contributed by atoms with E-state index in [0.29, 0.717) is 31.2 Å². The number of carbonyl (C=O) groups is 2. The second-order valence-electron chi connectivity index (χ2n) is 6.72. The first kappa shape index (κ1) is 20.7. The molecule has 29 heavy (non-hydrogen) atoms. The van der Waals surface area contributed by atoms with Crippen molar-refractivity contribution in [1.82, 2.24) is 15.2 Å². The highest BCUT2D eigenvalue weighted by atomic mass is 19.4. The third-order valence-corrected chi connectivity index (χ3v) is 4.21. The molecule has 0 amide bonds. The monoisotopic (exact) mass is 411 g/mol. The molecule has 10 heteroatoms. The Hall–Kier alpha value is -3.01. The number of oxazole rings is 1. The Morgan fingerprint density at radius 2 is 1.93 bits per heavy atom. The average Bonchev–Trinajstić information content (AvgIpc) is 3.08. The minimum Gasteiger partial charge on any atom is -0.432 e. The predicted octanol–water partition coefficient (Wildman–Crippen LogP) is 3.30. The topological polar surface area (TPSA) is 75.4 Å². The number of hydrogen-bond donors (Lipinski definition) is 1. The van der Waals surface area contributed by atoms with Crippen LogP contribution in [0.1, 0.15) is 33.0 Å². The minimum absolute atomic E-state index is 0.00605. The molecule has 0 saturated heterocycles. The highest BCUT2D eigenvalue weighted by Crippen LogP contribution is 2.34. The molecule has 3 rings (SSSR count). The molecule has 1 aromatic heterocycles. The fourth-order valence-corrected chi connectivity index (χ4v) is 2.76. The lowest BCUT2D eigenvalue weighted by Crippen LogP contribution is -2.28. The molecular formula is C19H17F4N3O3. The summed E-state index contributed by atoms with van der Waals surface area (Å²) in [6.45, 7) is 1.18. The van der Waals surface area contributed by atoms with Gasteiger partial charge in [0.1, 0.15) is 5.82 Å². The largest absolute Gasteiger partial charge is 0.432 e. The molecule has 0 bridgehead atoms. The molecule has 1 heterocycles. The Bertz CT molecular complexity index is 993. The molecule has 6 nitrogen and oxygen atoms in total. The summed E-state index contributed by atoms with van der Waals surface area (Å²) in [6.07, 6.45) is -2.95. The van der Waals surface area contributed by atoms with Crippen LogP contribution in [-0.4, -0.2) is 48.6 Å². The first-order valence-corrected chi connectivity index (χ1v) is 8.65. The van der Waals surface area contributed by atoms with Gasteiger partial charge in [0.05, 0.1) is 16.8 Å². The molecule has 0 radical (unpaired) electrons. The van der Waals surface area contributed by atoms with Crippen LogP contribution in [0, 0.1) is 5.82 Å². The number of alkyl halides is 3. The van der Waals surface area contributed by atoms with Crippen molar-refractivity contribution in [1.29, 1.82) is 0 Å². The number of hydrogen-bond acceptors (Lipinski definition) is 6. The van der Waals surface area contributed by atoms with E-state index < -0.39 is 46.3 Å². The minimum atomic E-state index is -4.70. The Morgan fingerprint density at radius 1 is 1.21 bits per heavy atom. The summed E-state index contributed by atoms with van der Waals surface area (Å²) in [5, 5.41) is 2.84. The van der Waals surface area contributed by atoms with E-state index in [0.717, 1.165) is 12.6 Å². The Balaban J connectivity index is 1.88. The summed E-state index contributed by atoms with van der Waals surface area (Å²) in [5.41, 5.74) is -2.06. The van der Waals surface area contributed by atoms with E-state index in [-0.39, 0.29) is 11.4 Å². The van der Waals surface area contributed by atoms with E-state index in [1.807, 2.05) is 19.0 Å². The maximum atomic E-state index is 14.1. The highest BCUT2D eigenvalue weighted by molar-refractivity contribution is 6.22. The number of nitrogens with one attached hydrogen (secondary N) is 1. The molecule has 1 aliphatic rings. The van der Waals surface area contributed by atoms with Gasteiger partial charge in [0.25, 0.3) is 0 Å². The number of benzene rings is 1. The molecule has 0 unspecified atom stereocenters. The second-order valence-corrected chi connectivity index (χ2v) is 6.72. The van der Waals surface area contributed by atoms with Crippen LogP contribution in [0.5, 0.6) is 0 Å². The lowest BCUT2D eigenvalue weighted by molar-refractivity contribution is -0.137. The van der Waals surface area contributed by atoms with Crippen LogP contribution in [0.25, 0.3) is 11.5 Å². The molecule has 1 aromatic carbocycles. The standard InChI is InChI=1S/C19H17F4N3O3/c1-26(2)7-3-6-24-13-9-14(27)15-17(16(13)28)29-18(25-15)11-8-10(19(21,22)23)4-5-12(11)20/h4-5,8-9,24H,3,6-7H2,1-2H3. The van der Waals surface area contributed by atoms with Gasteiger partial charge in [-0.05, 0) is 45.3 Å². The van der Waals surface area contributed by atoms with Gasteiger partial charge >= 0.3 is 6.18 Å². The van der Waals surface area contributed by atoms with E-state index in [2.05, 4.69) is 10.3 Å². The van der Waals surface area contributed by atoms with Crippen LogP contribution in [0.3, 0.4) is 0 Å². The highest BCUT2D eigenvalue weighted by Gasteiger charge is 2.35. The molecular weight excluding hydrogens is 394 g/mol. The van der Waals surface area contributed by atoms with Crippen molar-refractivity contribution in [2.75, 3.05) is 27.2 Å². The number of Topliss-reactive ketones (excluding diaryl/α,β-unsaturated/α-hetero) is 1. The van der Waals surface area contributed by atoms with Crippen molar-refractivity contribution in [3.8, 4) is 11.5 Å². The van der Waals surface area contributed by atoms with Gasteiger partial charge in [-0.2, -0.15) is 13.2 Å². The quantitative estimate of drug-likeness (QED) is 0.581. The Morgan fingerprint density at radius 3 is 2.59 bits per heavy atom. The Labute approximate surface area is 163 Å². The van der Waals surface area contributed by atoms with E-state index in [1.54, 1.807) is 0 Å². The summed E-state index contributed by atoms with van der Waals surface area (Å²) in [4.78, 5) is 30.5. The van der Waals surface area contributed by atoms with Crippen LogP contribution in [-0.2, 0) is 6.18 Å². The van der Waals surface area contributed by atoms with E-state index in [4.69, 9.17) is 4.42 Å². The van der Waals surface area contributed by atoms with Crippen molar-refractivity contribution in [2.24, 2.45) is 0 Å². The third kappa shape index (κ3) is 4.37. The van der Waals surface area contributed by atoms with Crippen LogP contribution >= 0.6 is 0 Å². The van der Waals surface area contributed by atoms with Gasteiger partial charge < -0.3 is 14.6 Å². The van der Waals surface area contributed by atoms with Gasteiger partial charge in [-0.25, -0.2) is 9.37 Å². The first-order valence-electron chi connectivity index (χ1n) is 8.65. The van der Waals surface area contributed by atoms with Crippen molar-refractivity contribution >= 4 is 11.6 Å². The molecule has 0 fully saturated rings. The lowest BCUT2D eigenvalue weighted by Gasteiger charge is -2.13. The normalized spacial score (nSPS) is 14.2. The van der Waals surface area contributed by atoms with Gasteiger partial charge in [0.15, 0.2) is 5.69 Å². The summed E-state index contributed by atoms with van der Waals surface area (Å²) in [5.74, 6) is -3.35. The maximum absolute atomic E-state index is 14.1. The maximum Gasteiger partial charge on any atom is 0.416 e. The van der Waals surface area contributed by atoms with Crippen molar-refractivity contribution < 1.29 is 31.6 Å². The predicted molar refractivity (Wildman–Crippen MR) is 94.8 cm³/mol. The smallest absolute Gasteiger partial charge is 0.416 e. The van der Waals surface area contributed by atoms with Gasteiger partial charge in [-0.1, -0.05) is 0 Å². The van der Waals surface area contributed by atoms with Gasteiger partial charge in [0.2, 0.25) is 23.2 Å². The van der Waals surface area contributed by atoms with Gasteiger partial charge in [-0.15, -0.1) is 0 Å². The van der Waals surface area contributed by atoms with Crippen LogP contribution in [0.2, 0.25) is 0 Å². The van der Waals surface area contributed by atoms with Crippen LogP contribution < -0.4 is 5.32 Å². The fourth-order valence-electron chi connectivity index (χ4n) is 2.76. The molecule has 1 N–H and O–H groups in total. The lowest BCUT2D eigenvalue weighted by atomic mass is 10.0. The molecule has 0 spiro atoms. The summed E-state index contributed by atoms with van der Waals surface area (Å²) in [6, 6.07) is 1.73. The summed E-state index contributed by atoms with van der Waals surface area (Å²) in [7, 11) is 3.79. The third-order valence-electron chi connectivity index (χ3n) is 4.21. The van der Waals surface area contributed by atoms with Crippen molar-refractivity contribution in [3.05, 3.63) is 52.8 Å². The fraction of sp³-hybridized carbons (Fsp3) is 0.316. The zero-order valence-corrected chi connectivity index (χ0v) is 15.6. The molecule has 0 atom stereocenters. The molecule has 0 aliphatic heterocycles. The molecule has 154 valence electrons. The second kappa shape index (κ2) is 7.78. The number of rotatable bonds is 6. The Kier molecular flexibility index (Phi) is 5.56. The van der Waals surface area contributed by atoms with E-state index >= 15 is 0 Å². The summed E-state index contributed by atoms with van der Waals surface area (Å²) >= 11 is 0. The average molecular weight is 411 g/mol. The summed E-state index contributed by atoms with van der Waals surface area (Å²) < 4.78 is 58.0. The number of halogens is 4. The van der Waals surface area contributed by atoms with Gasteiger partial charge in [0, 0.05) is 12.6 Å². The van der Waals surface area contributed by atoms with E-state index in [9.17, 15) is 27.2 Å². The number of fused-ring (bicyclic) bond motifs is 1. The number of carbonyl (C=O) groups excluding carboxylic acids is 2. The molecule has 2 aromatic rings. The van der Waals surface area contributed by atoms with Crippen molar-refractivity contribution in [2.45, 2.75) is 12.6 Å². The number of nitrogens with zero attached hydrogens (tertiary/aromatic N) is 2.